The van der Waals surface area contributed by atoms with Crippen LogP contribution in [0, 0.1) is 24.0 Å². The maximum absolute atomic E-state index is 12.1. The molecule has 0 fully saturated rings. The van der Waals surface area contributed by atoms with Crippen molar-refractivity contribution in [2.45, 2.75) is 13.8 Å². The molecule has 0 atom stereocenters. The second-order valence-corrected chi connectivity index (χ2v) is 5.41. The molecule has 0 aliphatic carbocycles. The quantitative estimate of drug-likeness (QED) is 0.452. The molecule has 0 saturated carbocycles. The number of carbonyl (C=O) groups excluding carboxylic acids is 2. The molecule has 10 heteroatoms. The molecule has 2 rings (SSSR count). The van der Waals surface area contributed by atoms with Gasteiger partial charge in [-0.2, -0.15) is 5.10 Å². The van der Waals surface area contributed by atoms with E-state index >= 15 is 0 Å². The lowest BCUT2D eigenvalue weighted by Gasteiger charge is -2.09. The molecule has 0 spiro atoms. The highest BCUT2D eigenvalue weighted by atomic mass is 35.5. The van der Waals surface area contributed by atoms with Crippen molar-refractivity contribution in [2.75, 3.05) is 13.7 Å². The van der Waals surface area contributed by atoms with Gasteiger partial charge in [0.05, 0.1) is 28.3 Å². The Morgan fingerprint density at radius 2 is 2.04 bits per heavy atom. The molecular formula is C15H14ClN3O6. The van der Waals surface area contributed by atoms with Gasteiger partial charge in [-0.15, -0.1) is 0 Å². The van der Waals surface area contributed by atoms with Gasteiger partial charge < -0.3 is 9.47 Å². The van der Waals surface area contributed by atoms with Gasteiger partial charge >= 0.3 is 17.6 Å². The SMILES string of the molecule is COC(=O)COC(=O)c1cc(-n2nc(C)c([N+](=O)[O-])c2C)ccc1Cl. The van der Waals surface area contributed by atoms with E-state index in [-0.39, 0.29) is 22.0 Å². The van der Waals surface area contributed by atoms with Crippen molar-refractivity contribution in [1.29, 1.82) is 0 Å². The topological polar surface area (TPSA) is 114 Å². The number of nitrogens with zero attached hydrogens (tertiary/aromatic N) is 3. The van der Waals surface area contributed by atoms with Crippen LogP contribution in [0.25, 0.3) is 5.69 Å². The molecule has 0 amide bonds. The van der Waals surface area contributed by atoms with Crippen molar-refractivity contribution in [3.8, 4) is 5.69 Å². The van der Waals surface area contributed by atoms with E-state index in [9.17, 15) is 19.7 Å². The van der Waals surface area contributed by atoms with Crippen molar-refractivity contribution in [1.82, 2.24) is 9.78 Å². The third-order valence-electron chi connectivity index (χ3n) is 3.40. The standard InChI is InChI=1S/C15H14ClN3O6/c1-8-14(19(22)23)9(2)18(17-8)10-4-5-12(16)11(6-10)15(21)25-7-13(20)24-3/h4-6H,7H2,1-3H3. The molecule has 0 N–H and O–H groups in total. The third-order valence-corrected chi connectivity index (χ3v) is 3.73. The van der Waals surface area contributed by atoms with E-state index in [0.717, 1.165) is 0 Å². The van der Waals surface area contributed by atoms with Gasteiger partial charge in [0.1, 0.15) is 11.4 Å². The van der Waals surface area contributed by atoms with E-state index in [4.69, 9.17) is 16.3 Å². The van der Waals surface area contributed by atoms with Gasteiger partial charge in [-0.25, -0.2) is 14.3 Å². The molecule has 0 radical (unpaired) electrons. The van der Waals surface area contributed by atoms with Crippen LogP contribution in [-0.4, -0.2) is 40.4 Å². The third kappa shape index (κ3) is 3.77. The van der Waals surface area contributed by atoms with Crippen molar-refractivity contribution in [3.63, 3.8) is 0 Å². The summed E-state index contributed by atoms with van der Waals surface area (Å²) in [5, 5.41) is 15.3. The molecule has 1 aromatic carbocycles. The number of nitro groups is 1. The fourth-order valence-corrected chi connectivity index (χ4v) is 2.41. The Labute approximate surface area is 147 Å². The summed E-state index contributed by atoms with van der Waals surface area (Å²) in [4.78, 5) is 33.7. The van der Waals surface area contributed by atoms with Gasteiger partial charge in [-0.1, -0.05) is 11.6 Å². The highest BCUT2D eigenvalue weighted by Gasteiger charge is 2.23. The normalized spacial score (nSPS) is 10.4. The fraction of sp³-hybridized carbons (Fsp3) is 0.267. The lowest BCUT2D eigenvalue weighted by atomic mass is 10.2. The Hall–Kier alpha value is -2.94. The average molecular weight is 368 g/mol. The zero-order valence-corrected chi connectivity index (χ0v) is 14.4. The monoisotopic (exact) mass is 367 g/mol. The van der Waals surface area contributed by atoms with Gasteiger partial charge in [-0.3, -0.25) is 10.1 Å². The molecule has 2 aromatic rings. The summed E-state index contributed by atoms with van der Waals surface area (Å²) in [6.07, 6.45) is 0. The van der Waals surface area contributed by atoms with Gasteiger partial charge in [0, 0.05) is 0 Å². The predicted octanol–water partition coefficient (Wildman–Crippen LogP) is 2.38. The molecule has 0 unspecified atom stereocenters. The Balaban J connectivity index is 2.40. The van der Waals surface area contributed by atoms with Gasteiger partial charge in [0.2, 0.25) is 0 Å². The Morgan fingerprint density at radius 3 is 2.60 bits per heavy atom. The maximum atomic E-state index is 12.1. The van der Waals surface area contributed by atoms with Crippen LogP contribution >= 0.6 is 11.6 Å². The number of aryl methyl sites for hydroxylation is 1. The lowest BCUT2D eigenvalue weighted by molar-refractivity contribution is -0.386. The molecular weight excluding hydrogens is 354 g/mol. The van der Waals surface area contributed by atoms with E-state index in [0.29, 0.717) is 11.4 Å². The molecule has 0 aliphatic heterocycles. The number of ether oxygens (including phenoxy) is 2. The van der Waals surface area contributed by atoms with E-state index < -0.39 is 23.5 Å². The number of benzene rings is 1. The fourth-order valence-electron chi connectivity index (χ4n) is 2.21. The van der Waals surface area contributed by atoms with Crippen LogP contribution in [0.4, 0.5) is 5.69 Å². The van der Waals surface area contributed by atoms with Crippen molar-refractivity contribution in [2.24, 2.45) is 0 Å². The number of esters is 2. The summed E-state index contributed by atoms with van der Waals surface area (Å²) < 4.78 is 10.5. The largest absolute Gasteiger partial charge is 0.466 e. The number of hydrogen-bond donors (Lipinski definition) is 0. The number of rotatable bonds is 5. The lowest BCUT2D eigenvalue weighted by Crippen LogP contribution is -2.15. The van der Waals surface area contributed by atoms with Crippen LogP contribution in [-0.2, 0) is 14.3 Å². The summed E-state index contributed by atoms with van der Waals surface area (Å²) in [7, 11) is 1.17. The van der Waals surface area contributed by atoms with E-state index in [1.165, 1.54) is 30.8 Å². The van der Waals surface area contributed by atoms with Crippen molar-refractivity contribution < 1.29 is 24.0 Å². The average Bonchev–Trinajstić information content (AvgIpc) is 2.87. The highest BCUT2D eigenvalue weighted by Crippen LogP contribution is 2.27. The first-order valence-electron chi connectivity index (χ1n) is 7.00. The molecule has 1 aromatic heterocycles. The minimum Gasteiger partial charge on any atom is -0.466 e. The number of carbonyl (C=O) groups is 2. The van der Waals surface area contributed by atoms with Crippen LogP contribution in [0.2, 0.25) is 5.02 Å². The summed E-state index contributed by atoms with van der Waals surface area (Å²) in [6.45, 7) is 2.51. The second kappa shape index (κ2) is 7.31. The number of hydrogen-bond acceptors (Lipinski definition) is 7. The minimum atomic E-state index is -0.826. The first-order chi connectivity index (χ1) is 11.8. The van der Waals surface area contributed by atoms with Crippen LogP contribution in [0.5, 0.6) is 0 Å². The molecule has 25 heavy (non-hydrogen) atoms. The predicted molar refractivity (Wildman–Crippen MR) is 87.0 cm³/mol. The smallest absolute Gasteiger partial charge is 0.344 e. The highest BCUT2D eigenvalue weighted by molar-refractivity contribution is 6.33. The Bertz CT molecular complexity index is 861. The minimum absolute atomic E-state index is 0.00160. The number of aromatic nitrogens is 2. The van der Waals surface area contributed by atoms with E-state index in [2.05, 4.69) is 9.84 Å². The van der Waals surface area contributed by atoms with Gasteiger partial charge in [0.25, 0.3) is 0 Å². The Kier molecular flexibility index (Phi) is 5.38. The molecule has 0 saturated heterocycles. The second-order valence-electron chi connectivity index (χ2n) is 5.00. The van der Waals surface area contributed by atoms with Crippen LogP contribution in [0.1, 0.15) is 21.7 Å². The first kappa shape index (κ1) is 18.4. The molecule has 132 valence electrons. The molecule has 0 aliphatic rings. The zero-order valence-electron chi connectivity index (χ0n) is 13.6. The van der Waals surface area contributed by atoms with Crippen LogP contribution in [0.3, 0.4) is 0 Å². The zero-order chi connectivity index (χ0) is 18.7. The van der Waals surface area contributed by atoms with Gasteiger partial charge in [0.15, 0.2) is 6.61 Å². The number of methoxy groups -OCH3 is 1. The van der Waals surface area contributed by atoms with E-state index in [1.807, 2.05) is 0 Å². The Morgan fingerprint density at radius 1 is 1.36 bits per heavy atom. The summed E-state index contributed by atoms with van der Waals surface area (Å²) in [5.41, 5.74) is 0.831. The molecule has 0 bridgehead atoms. The molecule has 9 nitrogen and oxygen atoms in total. The van der Waals surface area contributed by atoms with Crippen molar-refractivity contribution in [3.05, 3.63) is 50.3 Å². The van der Waals surface area contributed by atoms with E-state index in [1.54, 1.807) is 13.0 Å². The summed E-state index contributed by atoms with van der Waals surface area (Å²) in [6, 6.07) is 4.38. The van der Waals surface area contributed by atoms with Crippen LogP contribution in [0.15, 0.2) is 18.2 Å². The van der Waals surface area contributed by atoms with Gasteiger partial charge in [-0.05, 0) is 32.0 Å². The summed E-state index contributed by atoms with van der Waals surface area (Å²) in [5.74, 6) is -1.54. The summed E-state index contributed by atoms with van der Waals surface area (Å²) >= 11 is 6.00. The van der Waals surface area contributed by atoms with Crippen LogP contribution < -0.4 is 0 Å². The molecule has 1 heterocycles. The van der Waals surface area contributed by atoms with Crippen molar-refractivity contribution >= 4 is 29.2 Å². The first-order valence-corrected chi connectivity index (χ1v) is 7.38. The number of halogens is 1. The maximum Gasteiger partial charge on any atom is 0.344 e.